The molecule has 1 amide bonds. The van der Waals surface area contributed by atoms with Crippen LogP contribution in [0.5, 0.6) is 5.75 Å². The molecule has 0 saturated carbocycles. The molecule has 1 heterocycles. The van der Waals surface area contributed by atoms with E-state index in [0.29, 0.717) is 23.1 Å². The number of para-hydroxylation sites is 1. The van der Waals surface area contributed by atoms with Crippen molar-refractivity contribution in [2.75, 3.05) is 6.61 Å². The van der Waals surface area contributed by atoms with E-state index in [4.69, 9.17) is 4.74 Å². The fraction of sp³-hybridized carbons (Fsp3) is 0.111. The molecule has 0 atom stereocenters. The monoisotopic (exact) mass is 336 g/mol. The molecule has 0 aliphatic carbocycles. The van der Waals surface area contributed by atoms with E-state index in [1.165, 1.54) is 6.21 Å². The smallest absolute Gasteiger partial charge is 0.292 e. The SMILES string of the molecule is CCOc1ccccc1/C=N\NC(=O)c1n[nH]c(=O)c2ccccc12. The van der Waals surface area contributed by atoms with E-state index in [-0.39, 0.29) is 11.3 Å². The van der Waals surface area contributed by atoms with Gasteiger partial charge in [0.1, 0.15) is 5.75 Å². The standard InChI is InChI=1S/C18H16N4O3/c1-2-25-15-10-6-3-7-12(15)11-19-21-18(24)16-13-8-4-5-9-14(13)17(23)22-20-16/h3-11H,2H2,1H3,(H,21,24)(H,22,23)/b19-11-. The lowest BCUT2D eigenvalue weighted by molar-refractivity contribution is 0.0951. The first-order chi connectivity index (χ1) is 12.2. The average Bonchev–Trinajstić information content (AvgIpc) is 2.64. The van der Waals surface area contributed by atoms with Crippen LogP contribution in [0.2, 0.25) is 0 Å². The van der Waals surface area contributed by atoms with Gasteiger partial charge in [-0.15, -0.1) is 0 Å². The van der Waals surface area contributed by atoms with Crippen LogP contribution < -0.4 is 15.7 Å². The summed E-state index contributed by atoms with van der Waals surface area (Å²) < 4.78 is 5.49. The summed E-state index contributed by atoms with van der Waals surface area (Å²) in [5, 5.41) is 11.0. The zero-order chi connectivity index (χ0) is 17.6. The van der Waals surface area contributed by atoms with E-state index in [1.807, 2.05) is 31.2 Å². The minimum atomic E-state index is -0.516. The van der Waals surface area contributed by atoms with Crippen molar-refractivity contribution in [2.45, 2.75) is 6.92 Å². The summed E-state index contributed by atoms with van der Waals surface area (Å²) in [6.45, 7) is 2.42. The molecule has 2 N–H and O–H groups in total. The molecule has 0 spiro atoms. The van der Waals surface area contributed by atoms with Crippen LogP contribution in [0.15, 0.2) is 58.4 Å². The second kappa shape index (κ2) is 7.39. The molecule has 0 radical (unpaired) electrons. The van der Waals surface area contributed by atoms with E-state index in [2.05, 4.69) is 20.7 Å². The van der Waals surface area contributed by atoms with E-state index in [9.17, 15) is 9.59 Å². The third kappa shape index (κ3) is 3.55. The minimum absolute atomic E-state index is 0.102. The van der Waals surface area contributed by atoms with Crippen LogP contribution in [0.25, 0.3) is 10.8 Å². The Bertz CT molecular complexity index is 995. The molecule has 7 heteroatoms. The highest BCUT2D eigenvalue weighted by atomic mass is 16.5. The largest absolute Gasteiger partial charge is 0.493 e. The van der Waals surface area contributed by atoms with Crippen LogP contribution in [0, 0.1) is 0 Å². The van der Waals surface area contributed by atoms with Gasteiger partial charge in [-0.25, -0.2) is 10.5 Å². The van der Waals surface area contributed by atoms with Gasteiger partial charge in [-0.1, -0.05) is 30.3 Å². The molecule has 0 unspecified atom stereocenters. The van der Waals surface area contributed by atoms with Crippen molar-refractivity contribution in [1.29, 1.82) is 0 Å². The van der Waals surface area contributed by atoms with E-state index >= 15 is 0 Å². The highest BCUT2D eigenvalue weighted by Crippen LogP contribution is 2.15. The fourth-order valence-corrected chi connectivity index (χ4v) is 2.38. The van der Waals surface area contributed by atoms with Gasteiger partial charge in [0.25, 0.3) is 11.5 Å². The number of fused-ring (bicyclic) bond motifs is 1. The van der Waals surface area contributed by atoms with Gasteiger partial charge in [0, 0.05) is 10.9 Å². The van der Waals surface area contributed by atoms with Crippen molar-refractivity contribution in [1.82, 2.24) is 15.6 Å². The number of aromatic nitrogens is 2. The van der Waals surface area contributed by atoms with Crippen molar-refractivity contribution in [2.24, 2.45) is 5.10 Å². The van der Waals surface area contributed by atoms with Gasteiger partial charge in [0.15, 0.2) is 5.69 Å². The summed E-state index contributed by atoms with van der Waals surface area (Å²) >= 11 is 0. The number of carbonyl (C=O) groups is 1. The number of nitrogens with one attached hydrogen (secondary N) is 2. The molecule has 0 bridgehead atoms. The second-order valence-electron chi connectivity index (χ2n) is 5.12. The van der Waals surface area contributed by atoms with Crippen LogP contribution >= 0.6 is 0 Å². The molecule has 0 fully saturated rings. The maximum atomic E-state index is 12.3. The highest BCUT2D eigenvalue weighted by Gasteiger charge is 2.13. The Morgan fingerprint density at radius 2 is 1.92 bits per heavy atom. The van der Waals surface area contributed by atoms with Crippen molar-refractivity contribution >= 4 is 22.9 Å². The zero-order valence-electron chi connectivity index (χ0n) is 13.5. The molecule has 3 rings (SSSR count). The third-order valence-corrected chi connectivity index (χ3v) is 3.50. The molecule has 3 aromatic rings. The Balaban J connectivity index is 1.82. The molecule has 2 aromatic carbocycles. The van der Waals surface area contributed by atoms with E-state index in [0.717, 1.165) is 5.56 Å². The van der Waals surface area contributed by atoms with Crippen LogP contribution in [-0.2, 0) is 0 Å². The summed E-state index contributed by atoms with van der Waals surface area (Å²) in [6.07, 6.45) is 1.50. The quantitative estimate of drug-likeness (QED) is 0.551. The Hall–Kier alpha value is -3.48. The van der Waals surface area contributed by atoms with Crippen LogP contribution in [0.4, 0.5) is 0 Å². The number of hydrogen-bond acceptors (Lipinski definition) is 5. The summed E-state index contributed by atoms with van der Waals surface area (Å²) in [7, 11) is 0. The number of rotatable bonds is 5. The lowest BCUT2D eigenvalue weighted by Gasteiger charge is -2.06. The topological polar surface area (TPSA) is 96.4 Å². The number of hydrogen-bond donors (Lipinski definition) is 2. The lowest BCUT2D eigenvalue weighted by Crippen LogP contribution is -2.22. The van der Waals surface area contributed by atoms with Crippen molar-refractivity contribution < 1.29 is 9.53 Å². The second-order valence-corrected chi connectivity index (χ2v) is 5.12. The van der Waals surface area contributed by atoms with Crippen LogP contribution in [0.1, 0.15) is 23.0 Å². The maximum absolute atomic E-state index is 12.3. The van der Waals surface area contributed by atoms with Gasteiger partial charge < -0.3 is 4.74 Å². The summed E-state index contributed by atoms with van der Waals surface area (Å²) in [6, 6.07) is 14.1. The predicted molar refractivity (Wildman–Crippen MR) is 95.0 cm³/mol. The van der Waals surface area contributed by atoms with Gasteiger partial charge in [0.2, 0.25) is 0 Å². The molecule has 0 saturated heterocycles. The van der Waals surface area contributed by atoms with Crippen molar-refractivity contribution in [3.05, 3.63) is 70.1 Å². The minimum Gasteiger partial charge on any atom is -0.493 e. The Morgan fingerprint density at radius 1 is 1.20 bits per heavy atom. The van der Waals surface area contributed by atoms with Gasteiger partial charge in [-0.3, -0.25) is 9.59 Å². The molecule has 1 aromatic heterocycles. The molecule has 7 nitrogen and oxygen atoms in total. The number of amides is 1. The number of ether oxygens (including phenoxy) is 1. The molecule has 0 aliphatic rings. The van der Waals surface area contributed by atoms with Crippen molar-refractivity contribution in [3.63, 3.8) is 0 Å². The molecular weight excluding hydrogens is 320 g/mol. The summed E-state index contributed by atoms with van der Waals surface area (Å²) in [5.41, 5.74) is 2.91. The third-order valence-electron chi connectivity index (χ3n) is 3.50. The highest BCUT2D eigenvalue weighted by molar-refractivity contribution is 6.04. The van der Waals surface area contributed by atoms with Gasteiger partial charge >= 0.3 is 0 Å². The molecule has 126 valence electrons. The molecule has 0 aliphatic heterocycles. The first-order valence-electron chi connectivity index (χ1n) is 7.73. The normalized spacial score (nSPS) is 10.9. The zero-order valence-corrected chi connectivity index (χ0v) is 13.5. The van der Waals surface area contributed by atoms with Gasteiger partial charge in [-0.05, 0) is 25.1 Å². The maximum Gasteiger partial charge on any atom is 0.292 e. The van der Waals surface area contributed by atoms with Gasteiger partial charge in [0.05, 0.1) is 18.2 Å². The van der Waals surface area contributed by atoms with E-state index in [1.54, 1.807) is 24.3 Å². The molecule has 25 heavy (non-hydrogen) atoms. The van der Waals surface area contributed by atoms with Gasteiger partial charge in [-0.2, -0.15) is 10.2 Å². The van der Waals surface area contributed by atoms with Crippen molar-refractivity contribution in [3.8, 4) is 5.75 Å². The number of H-pyrrole nitrogens is 1. The average molecular weight is 336 g/mol. The first kappa shape index (κ1) is 16.4. The predicted octanol–water partition coefficient (Wildman–Crippen LogP) is 2.09. The Morgan fingerprint density at radius 3 is 2.72 bits per heavy atom. The van der Waals surface area contributed by atoms with Crippen LogP contribution in [0.3, 0.4) is 0 Å². The number of carbonyl (C=O) groups excluding carboxylic acids is 1. The first-order valence-corrected chi connectivity index (χ1v) is 7.73. The number of benzene rings is 2. The Kier molecular flexibility index (Phi) is 4.84. The number of aromatic amines is 1. The Labute approximate surface area is 143 Å². The van der Waals surface area contributed by atoms with E-state index < -0.39 is 5.91 Å². The molecular formula is C18H16N4O3. The lowest BCUT2D eigenvalue weighted by atomic mass is 10.1. The van der Waals surface area contributed by atoms with Crippen LogP contribution in [-0.4, -0.2) is 28.9 Å². The summed E-state index contributed by atoms with van der Waals surface area (Å²) in [5.74, 6) is 0.160. The fourth-order valence-electron chi connectivity index (χ4n) is 2.38. The number of nitrogens with zero attached hydrogens (tertiary/aromatic N) is 2. The number of hydrazone groups is 1. The summed E-state index contributed by atoms with van der Waals surface area (Å²) in [4.78, 5) is 24.1.